The first-order valence-corrected chi connectivity index (χ1v) is 9.87. The number of benzene rings is 2. The van der Waals surface area contributed by atoms with Crippen molar-refractivity contribution in [2.75, 3.05) is 20.1 Å². The quantitative estimate of drug-likeness (QED) is 0.732. The van der Waals surface area contributed by atoms with Crippen LogP contribution < -0.4 is 5.73 Å². The molecule has 160 valence electrons. The second kappa shape index (κ2) is 12.2. The molecule has 1 fully saturated rings. The van der Waals surface area contributed by atoms with Gasteiger partial charge in [0.15, 0.2) is 0 Å². The van der Waals surface area contributed by atoms with Crippen LogP contribution in [0, 0.1) is 5.92 Å². The van der Waals surface area contributed by atoms with Gasteiger partial charge in [0.05, 0.1) is 0 Å². The maximum absolute atomic E-state index is 12.8. The average molecular weight is 438 g/mol. The third-order valence-corrected chi connectivity index (χ3v) is 5.71. The first kappa shape index (κ1) is 25.4. The fourth-order valence-electron chi connectivity index (χ4n) is 4.12. The van der Waals surface area contributed by atoms with Gasteiger partial charge in [0, 0.05) is 45.2 Å². The number of rotatable bonds is 6. The predicted molar refractivity (Wildman–Crippen MR) is 125 cm³/mol. The molecule has 3 atom stereocenters. The van der Waals surface area contributed by atoms with Crippen LogP contribution in [0.25, 0.3) is 0 Å². The molecule has 1 aliphatic heterocycles. The minimum Gasteiger partial charge on any atom is -0.342 e. The lowest BCUT2D eigenvalue weighted by Gasteiger charge is -2.41. The summed E-state index contributed by atoms with van der Waals surface area (Å²) in [7, 11) is 1.94. The standard InChI is InChI=1S/C23H31N3O.2ClH/c1-18-16-26(17-19-9-5-3-6-10-19)14-13-22(18)25(2)23(27)15-21(24)20-11-7-4-8-12-20;;/h3-12,18,21-22H,13-17,24H2,1-2H3;2*1H. The summed E-state index contributed by atoms with van der Waals surface area (Å²) in [4.78, 5) is 17.2. The molecular weight excluding hydrogens is 405 g/mol. The maximum Gasteiger partial charge on any atom is 0.224 e. The van der Waals surface area contributed by atoms with Crippen molar-refractivity contribution in [3.8, 4) is 0 Å². The van der Waals surface area contributed by atoms with E-state index >= 15 is 0 Å². The van der Waals surface area contributed by atoms with Gasteiger partial charge in [-0.3, -0.25) is 9.69 Å². The van der Waals surface area contributed by atoms with E-state index < -0.39 is 0 Å². The minimum atomic E-state index is -0.241. The zero-order valence-electron chi connectivity index (χ0n) is 17.2. The molecule has 0 aliphatic carbocycles. The summed E-state index contributed by atoms with van der Waals surface area (Å²) >= 11 is 0. The highest BCUT2D eigenvalue weighted by Crippen LogP contribution is 2.24. The van der Waals surface area contributed by atoms with Crippen LogP contribution in [0.15, 0.2) is 60.7 Å². The van der Waals surface area contributed by atoms with Gasteiger partial charge >= 0.3 is 0 Å². The lowest BCUT2D eigenvalue weighted by atomic mass is 9.91. The van der Waals surface area contributed by atoms with Crippen LogP contribution in [0.5, 0.6) is 0 Å². The first-order valence-electron chi connectivity index (χ1n) is 9.87. The SMILES string of the molecule is CC1CN(Cc2ccccc2)CCC1N(C)C(=O)CC(N)c1ccccc1.Cl.Cl. The fraction of sp³-hybridized carbons (Fsp3) is 0.435. The molecule has 1 aliphatic rings. The van der Waals surface area contributed by atoms with Crippen molar-refractivity contribution in [3.63, 3.8) is 0 Å². The van der Waals surface area contributed by atoms with E-state index in [-0.39, 0.29) is 42.8 Å². The van der Waals surface area contributed by atoms with Crippen molar-refractivity contribution in [3.05, 3.63) is 71.8 Å². The molecule has 0 aromatic heterocycles. The van der Waals surface area contributed by atoms with Crippen molar-refractivity contribution < 1.29 is 4.79 Å². The van der Waals surface area contributed by atoms with Gasteiger partial charge in [0.2, 0.25) is 5.91 Å². The molecule has 2 N–H and O–H groups in total. The van der Waals surface area contributed by atoms with Gasteiger partial charge < -0.3 is 10.6 Å². The molecule has 0 saturated carbocycles. The zero-order valence-corrected chi connectivity index (χ0v) is 18.9. The minimum absolute atomic E-state index is 0. The largest absolute Gasteiger partial charge is 0.342 e. The fourth-order valence-corrected chi connectivity index (χ4v) is 4.12. The summed E-state index contributed by atoms with van der Waals surface area (Å²) in [5, 5.41) is 0. The number of nitrogens with zero attached hydrogens (tertiary/aromatic N) is 2. The lowest BCUT2D eigenvalue weighted by Crippen LogP contribution is -2.50. The first-order chi connectivity index (χ1) is 13.0. The normalized spacial score (nSPS) is 20.1. The Bertz CT molecular complexity index is 729. The predicted octanol–water partition coefficient (Wildman–Crippen LogP) is 4.29. The van der Waals surface area contributed by atoms with E-state index in [2.05, 4.69) is 42.2 Å². The molecule has 6 heteroatoms. The Morgan fingerprint density at radius 3 is 2.28 bits per heavy atom. The van der Waals surface area contributed by atoms with Crippen molar-refractivity contribution >= 4 is 30.7 Å². The number of carbonyl (C=O) groups is 1. The van der Waals surface area contributed by atoms with Crippen LogP contribution in [0.4, 0.5) is 0 Å². The number of hydrogen-bond acceptors (Lipinski definition) is 3. The summed E-state index contributed by atoms with van der Waals surface area (Å²) in [6.07, 6.45) is 1.37. The van der Waals surface area contributed by atoms with Gasteiger partial charge in [-0.1, -0.05) is 67.6 Å². The monoisotopic (exact) mass is 437 g/mol. The number of halogens is 2. The summed E-state index contributed by atoms with van der Waals surface area (Å²) in [6, 6.07) is 20.5. The number of carbonyl (C=O) groups excluding carboxylic acids is 1. The van der Waals surface area contributed by atoms with E-state index in [9.17, 15) is 4.79 Å². The Morgan fingerprint density at radius 2 is 1.69 bits per heavy atom. The summed E-state index contributed by atoms with van der Waals surface area (Å²) in [5.41, 5.74) is 8.62. The average Bonchev–Trinajstić information content (AvgIpc) is 2.69. The summed E-state index contributed by atoms with van der Waals surface area (Å²) < 4.78 is 0. The Kier molecular flexibility index (Phi) is 10.7. The summed E-state index contributed by atoms with van der Waals surface area (Å²) in [6.45, 7) is 5.27. The van der Waals surface area contributed by atoms with E-state index in [1.807, 2.05) is 42.3 Å². The zero-order chi connectivity index (χ0) is 19.2. The molecule has 0 bridgehead atoms. The van der Waals surface area contributed by atoms with Crippen molar-refractivity contribution in [1.82, 2.24) is 9.80 Å². The Balaban J connectivity index is 0.00000210. The molecule has 0 spiro atoms. The molecule has 29 heavy (non-hydrogen) atoms. The third kappa shape index (κ3) is 7.00. The van der Waals surface area contributed by atoms with Crippen LogP contribution in [0.1, 0.15) is 36.9 Å². The Morgan fingerprint density at radius 1 is 1.10 bits per heavy atom. The van der Waals surface area contributed by atoms with Gasteiger partial charge in [-0.15, -0.1) is 24.8 Å². The van der Waals surface area contributed by atoms with Crippen molar-refractivity contribution in [2.24, 2.45) is 11.7 Å². The molecule has 1 saturated heterocycles. The number of piperidine rings is 1. The van der Waals surface area contributed by atoms with Gasteiger partial charge in [0.1, 0.15) is 0 Å². The van der Waals surface area contributed by atoms with Crippen LogP contribution in [0.3, 0.4) is 0 Å². The van der Waals surface area contributed by atoms with E-state index in [0.29, 0.717) is 12.3 Å². The highest BCUT2D eigenvalue weighted by Gasteiger charge is 2.31. The molecule has 0 radical (unpaired) electrons. The third-order valence-electron chi connectivity index (χ3n) is 5.71. The smallest absolute Gasteiger partial charge is 0.224 e. The lowest BCUT2D eigenvalue weighted by molar-refractivity contribution is -0.134. The molecular formula is C23H33Cl2N3O. The number of likely N-dealkylation sites (tertiary alicyclic amines) is 1. The second-order valence-electron chi connectivity index (χ2n) is 7.78. The van der Waals surface area contributed by atoms with Gasteiger partial charge in [0.25, 0.3) is 0 Å². The highest BCUT2D eigenvalue weighted by molar-refractivity contribution is 5.85. The van der Waals surface area contributed by atoms with E-state index in [1.54, 1.807) is 0 Å². The molecule has 2 aromatic rings. The van der Waals surface area contributed by atoms with Crippen molar-refractivity contribution in [2.45, 2.75) is 38.4 Å². The Hall–Kier alpha value is -1.59. The number of hydrogen-bond donors (Lipinski definition) is 1. The second-order valence-corrected chi connectivity index (χ2v) is 7.78. The molecule has 3 rings (SSSR count). The molecule has 2 aromatic carbocycles. The van der Waals surface area contributed by atoms with E-state index in [1.165, 1.54) is 5.56 Å². The number of amides is 1. The van der Waals surface area contributed by atoms with Crippen LogP contribution >= 0.6 is 24.8 Å². The van der Waals surface area contributed by atoms with E-state index in [0.717, 1.165) is 31.6 Å². The maximum atomic E-state index is 12.8. The number of nitrogens with two attached hydrogens (primary N) is 1. The van der Waals surface area contributed by atoms with Crippen LogP contribution in [-0.2, 0) is 11.3 Å². The molecule has 1 amide bonds. The molecule has 4 nitrogen and oxygen atoms in total. The van der Waals surface area contributed by atoms with Crippen LogP contribution in [0.2, 0.25) is 0 Å². The topological polar surface area (TPSA) is 49.6 Å². The highest BCUT2D eigenvalue weighted by atomic mass is 35.5. The Labute approximate surface area is 187 Å². The van der Waals surface area contributed by atoms with E-state index in [4.69, 9.17) is 5.73 Å². The van der Waals surface area contributed by atoms with Gasteiger partial charge in [-0.05, 0) is 23.5 Å². The van der Waals surface area contributed by atoms with Gasteiger partial charge in [-0.25, -0.2) is 0 Å². The summed E-state index contributed by atoms with van der Waals surface area (Å²) in [5.74, 6) is 0.587. The van der Waals surface area contributed by atoms with Crippen molar-refractivity contribution in [1.29, 1.82) is 0 Å². The molecule has 1 heterocycles. The van der Waals surface area contributed by atoms with Gasteiger partial charge in [-0.2, -0.15) is 0 Å². The molecule has 3 unspecified atom stereocenters. The van der Waals surface area contributed by atoms with Crippen LogP contribution in [-0.4, -0.2) is 41.9 Å².